The fraction of sp³-hybridized carbons (Fsp3) is 0.556. The summed E-state index contributed by atoms with van der Waals surface area (Å²) in [5.74, 6) is -0.498. The number of carbonyl (C=O) groups excluding carboxylic acids is 1. The van der Waals surface area contributed by atoms with Gasteiger partial charge in [-0.05, 0) is 6.92 Å². The van der Waals surface area contributed by atoms with Crippen LogP contribution in [0.15, 0.2) is 0 Å². The number of ether oxygens (including phenoxy) is 1. The molecule has 1 aromatic rings. The van der Waals surface area contributed by atoms with E-state index in [2.05, 4.69) is 15.2 Å². The maximum Gasteiger partial charge on any atom is 0.411 e. The number of carbonyl (C=O) groups is 1. The molecule has 0 aliphatic heterocycles. The van der Waals surface area contributed by atoms with Gasteiger partial charge in [0.15, 0.2) is 5.82 Å². The highest BCUT2D eigenvalue weighted by Gasteiger charge is 2.27. The number of rotatable bonds is 4. The lowest BCUT2D eigenvalue weighted by atomic mass is 10.4. The fourth-order valence-electron chi connectivity index (χ4n) is 1.25. The quantitative estimate of drug-likeness (QED) is 0.845. The minimum atomic E-state index is -4.46. The molecule has 1 rings (SSSR count). The van der Waals surface area contributed by atoms with Crippen molar-refractivity contribution in [3.63, 3.8) is 0 Å². The predicted octanol–water partition coefficient (Wildman–Crippen LogP) is 0.828. The molecule has 0 unspecified atom stereocenters. The van der Waals surface area contributed by atoms with Crippen molar-refractivity contribution in [2.75, 3.05) is 24.3 Å². The van der Waals surface area contributed by atoms with Gasteiger partial charge in [0.05, 0.1) is 11.4 Å². The smallest absolute Gasteiger partial charge is 0.394 e. The van der Waals surface area contributed by atoms with Gasteiger partial charge in [0, 0.05) is 7.05 Å². The van der Waals surface area contributed by atoms with Gasteiger partial charge in [0.25, 0.3) is 5.91 Å². The number of alkyl halides is 3. The Bertz CT molecular complexity index is 442. The van der Waals surface area contributed by atoms with Gasteiger partial charge in [-0.1, -0.05) is 0 Å². The number of aryl methyl sites for hydroxylation is 2. The first-order chi connectivity index (χ1) is 8.20. The number of nitrogen functional groups attached to an aromatic ring is 1. The minimum absolute atomic E-state index is 0.230. The summed E-state index contributed by atoms with van der Waals surface area (Å²) < 4.78 is 40.9. The van der Waals surface area contributed by atoms with Gasteiger partial charge < -0.3 is 15.8 Å². The molecule has 3 N–H and O–H groups in total. The van der Waals surface area contributed by atoms with E-state index in [-0.39, 0.29) is 11.5 Å². The molecule has 0 bridgehead atoms. The van der Waals surface area contributed by atoms with Crippen molar-refractivity contribution in [2.45, 2.75) is 13.1 Å². The summed E-state index contributed by atoms with van der Waals surface area (Å²) in [6.45, 7) is -0.533. The third kappa shape index (κ3) is 3.91. The van der Waals surface area contributed by atoms with Crippen molar-refractivity contribution in [3.8, 4) is 0 Å². The van der Waals surface area contributed by atoms with E-state index in [4.69, 9.17) is 5.73 Å². The molecule has 1 heterocycles. The van der Waals surface area contributed by atoms with Gasteiger partial charge in [0.1, 0.15) is 13.2 Å². The number of nitrogens with one attached hydrogen (secondary N) is 1. The van der Waals surface area contributed by atoms with Crippen LogP contribution in [0.1, 0.15) is 5.69 Å². The van der Waals surface area contributed by atoms with Gasteiger partial charge in [0.2, 0.25) is 0 Å². The molecule has 0 saturated heterocycles. The number of amides is 1. The van der Waals surface area contributed by atoms with Crippen molar-refractivity contribution >= 4 is 17.4 Å². The Morgan fingerprint density at radius 2 is 2.17 bits per heavy atom. The SMILES string of the molecule is Cc1nn(C)c(NC(=O)COCC(F)(F)F)c1N. The summed E-state index contributed by atoms with van der Waals surface area (Å²) in [4.78, 5) is 11.3. The Kier molecular flexibility index (Phi) is 4.17. The van der Waals surface area contributed by atoms with Crippen LogP contribution < -0.4 is 11.1 Å². The molecule has 0 aliphatic carbocycles. The molecule has 0 aromatic carbocycles. The second-order valence-electron chi connectivity index (χ2n) is 3.63. The first-order valence-electron chi connectivity index (χ1n) is 4.94. The first-order valence-corrected chi connectivity index (χ1v) is 4.94. The molecule has 9 heteroatoms. The summed E-state index contributed by atoms with van der Waals surface area (Å²) in [6.07, 6.45) is -4.46. The van der Waals surface area contributed by atoms with Crippen molar-refractivity contribution in [3.05, 3.63) is 5.69 Å². The Morgan fingerprint density at radius 3 is 2.61 bits per heavy atom. The zero-order valence-corrected chi connectivity index (χ0v) is 9.84. The number of halogens is 3. The van der Waals surface area contributed by atoms with Crippen LogP contribution in [0.5, 0.6) is 0 Å². The third-order valence-corrected chi connectivity index (χ3v) is 2.03. The normalized spacial score (nSPS) is 11.6. The van der Waals surface area contributed by atoms with Gasteiger partial charge in [-0.25, -0.2) is 0 Å². The number of aromatic nitrogens is 2. The Balaban J connectivity index is 2.50. The maximum atomic E-state index is 11.8. The molecule has 1 amide bonds. The summed E-state index contributed by atoms with van der Waals surface area (Å²) in [5, 5.41) is 6.27. The molecule has 6 nitrogen and oxygen atoms in total. The van der Waals surface area contributed by atoms with Crippen molar-refractivity contribution in [1.82, 2.24) is 9.78 Å². The molecule has 0 fully saturated rings. The van der Waals surface area contributed by atoms with E-state index in [1.165, 1.54) is 4.68 Å². The number of hydrogen-bond donors (Lipinski definition) is 2. The first kappa shape index (κ1) is 14.3. The number of nitrogens with zero attached hydrogens (tertiary/aromatic N) is 2. The summed E-state index contributed by atoms with van der Waals surface area (Å²) in [7, 11) is 1.55. The highest BCUT2D eigenvalue weighted by Crippen LogP contribution is 2.20. The van der Waals surface area contributed by atoms with Crippen LogP contribution in [-0.4, -0.2) is 35.1 Å². The Hall–Kier alpha value is -1.77. The van der Waals surface area contributed by atoms with E-state index < -0.39 is 25.3 Å². The summed E-state index contributed by atoms with van der Waals surface area (Å²) in [6, 6.07) is 0. The monoisotopic (exact) mass is 266 g/mol. The lowest BCUT2D eigenvalue weighted by molar-refractivity contribution is -0.174. The molecule has 0 radical (unpaired) electrons. The van der Waals surface area contributed by atoms with Crippen molar-refractivity contribution < 1.29 is 22.7 Å². The van der Waals surface area contributed by atoms with E-state index in [9.17, 15) is 18.0 Å². The van der Waals surface area contributed by atoms with Gasteiger partial charge in [-0.2, -0.15) is 18.3 Å². The van der Waals surface area contributed by atoms with Crippen LogP contribution in [0, 0.1) is 6.92 Å². The average molecular weight is 266 g/mol. The molecule has 1 aromatic heterocycles. The van der Waals surface area contributed by atoms with Gasteiger partial charge in [-0.3, -0.25) is 9.48 Å². The number of anilines is 2. The van der Waals surface area contributed by atoms with Gasteiger partial charge >= 0.3 is 6.18 Å². The minimum Gasteiger partial charge on any atom is -0.394 e. The van der Waals surface area contributed by atoms with E-state index in [1.807, 2.05) is 0 Å². The number of nitrogens with two attached hydrogens (primary N) is 1. The fourth-order valence-corrected chi connectivity index (χ4v) is 1.25. The van der Waals surface area contributed by atoms with E-state index in [0.29, 0.717) is 5.69 Å². The largest absolute Gasteiger partial charge is 0.411 e. The van der Waals surface area contributed by atoms with E-state index in [0.717, 1.165) is 0 Å². The van der Waals surface area contributed by atoms with Crippen LogP contribution in [0.4, 0.5) is 24.7 Å². The topological polar surface area (TPSA) is 82.2 Å². The second kappa shape index (κ2) is 5.25. The van der Waals surface area contributed by atoms with Crippen LogP contribution >= 0.6 is 0 Å². The second-order valence-corrected chi connectivity index (χ2v) is 3.63. The predicted molar refractivity (Wildman–Crippen MR) is 57.9 cm³/mol. The molecule has 102 valence electrons. The number of hydrogen-bond acceptors (Lipinski definition) is 4. The molecule has 0 saturated carbocycles. The maximum absolute atomic E-state index is 11.8. The lowest BCUT2D eigenvalue weighted by Crippen LogP contribution is -2.25. The molecular weight excluding hydrogens is 253 g/mol. The van der Waals surface area contributed by atoms with E-state index >= 15 is 0 Å². The molecular formula is C9H13F3N4O2. The molecule has 0 aliphatic rings. The highest BCUT2D eigenvalue weighted by molar-refractivity contribution is 5.93. The lowest BCUT2D eigenvalue weighted by Gasteiger charge is -2.08. The Labute approximate surface area is 101 Å². The molecule has 0 atom stereocenters. The molecule has 0 spiro atoms. The van der Waals surface area contributed by atoms with Gasteiger partial charge in [-0.15, -0.1) is 0 Å². The highest BCUT2D eigenvalue weighted by atomic mass is 19.4. The average Bonchev–Trinajstić information content (AvgIpc) is 2.43. The van der Waals surface area contributed by atoms with Crippen molar-refractivity contribution in [1.29, 1.82) is 0 Å². The standard InChI is InChI=1S/C9H13F3N4O2/c1-5-7(13)8(16(2)15-5)14-6(17)3-18-4-9(10,11)12/h3-4,13H2,1-2H3,(H,14,17). The summed E-state index contributed by atoms with van der Waals surface area (Å²) in [5.41, 5.74) is 6.41. The third-order valence-electron chi connectivity index (χ3n) is 2.03. The van der Waals surface area contributed by atoms with Crippen LogP contribution in [0.3, 0.4) is 0 Å². The van der Waals surface area contributed by atoms with E-state index in [1.54, 1.807) is 14.0 Å². The van der Waals surface area contributed by atoms with Crippen LogP contribution in [-0.2, 0) is 16.6 Å². The van der Waals surface area contributed by atoms with Crippen LogP contribution in [0.25, 0.3) is 0 Å². The van der Waals surface area contributed by atoms with Crippen molar-refractivity contribution in [2.24, 2.45) is 7.05 Å². The Morgan fingerprint density at radius 1 is 1.56 bits per heavy atom. The van der Waals surface area contributed by atoms with Crippen LogP contribution in [0.2, 0.25) is 0 Å². The zero-order chi connectivity index (χ0) is 13.9. The molecule has 18 heavy (non-hydrogen) atoms. The zero-order valence-electron chi connectivity index (χ0n) is 9.84. The summed E-state index contributed by atoms with van der Waals surface area (Å²) >= 11 is 0.